The number of carboxylic acid groups (broad SMARTS) is 1. The van der Waals surface area contributed by atoms with E-state index < -0.39 is 18.6 Å². The van der Waals surface area contributed by atoms with Crippen molar-refractivity contribution < 1.29 is 29.0 Å². The van der Waals surface area contributed by atoms with Crippen LogP contribution in [-0.2, 0) is 9.63 Å². The molecule has 0 aliphatic carbocycles. The minimum atomic E-state index is -1.18. The highest BCUT2D eigenvalue weighted by Crippen LogP contribution is 2.32. The number of amides is 2. The molecule has 1 heterocycles. The standard InChI is InChI=1S/C12H14N2O6/c15-11(16)7-20-14-12(17)13-8-2-3-9-10(6-8)19-5-1-4-18-9/h2-3,6H,1,4-5,7H2,(H,15,16)(H2,13,14,17). The molecule has 2 rings (SSSR count). The number of urea groups is 1. The number of ether oxygens (including phenoxy) is 2. The molecule has 0 saturated carbocycles. The van der Waals surface area contributed by atoms with Gasteiger partial charge in [0.05, 0.1) is 13.2 Å². The number of hydroxylamine groups is 1. The van der Waals surface area contributed by atoms with Crippen LogP contribution in [0.25, 0.3) is 0 Å². The van der Waals surface area contributed by atoms with Crippen molar-refractivity contribution in [1.82, 2.24) is 5.48 Å². The first-order valence-electron chi connectivity index (χ1n) is 5.95. The van der Waals surface area contributed by atoms with Crippen LogP contribution in [0.1, 0.15) is 6.42 Å². The van der Waals surface area contributed by atoms with E-state index in [4.69, 9.17) is 14.6 Å². The third-order valence-electron chi connectivity index (χ3n) is 2.37. The van der Waals surface area contributed by atoms with Crippen molar-refractivity contribution in [3.63, 3.8) is 0 Å². The first-order chi connectivity index (χ1) is 9.65. The number of carboxylic acids is 1. The number of aliphatic carboxylic acids is 1. The number of carbonyl (C=O) groups is 2. The van der Waals surface area contributed by atoms with Crippen LogP contribution in [0.3, 0.4) is 0 Å². The lowest BCUT2D eigenvalue weighted by Crippen LogP contribution is -2.30. The maximum Gasteiger partial charge on any atom is 0.343 e. The van der Waals surface area contributed by atoms with Crippen LogP contribution < -0.4 is 20.3 Å². The van der Waals surface area contributed by atoms with Crippen LogP contribution >= 0.6 is 0 Å². The van der Waals surface area contributed by atoms with Gasteiger partial charge >= 0.3 is 12.0 Å². The van der Waals surface area contributed by atoms with E-state index in [1.165, 1.54) is 0 Å². The maximum atomic E-state index is 11.4. The summed E-state index contributed by atoms with van der Waals surface area (Å²) >= 11 is 0. The Morgan fingerprint density at radius 1 is 1.25 bits per heavy atom. The molecule has 0 bridgehead atoms. The fourth-order valence-electron chi connectivity index (χ4n) is 1.56. The molecule has 2 amide bonds. The lowest BCUT2D eigenvalue weighted by molar-refractivity contribution is -0.143. The summed E-state index contributed by atoms with van der Waals surface area (Å²) in [6.45, 7) is 0.516. The van der Waals surface area contributed by atoms with Gasteiger partial charge in [-0.3, -0.25) is 4.84 Å². The molecule has 0 atom stereocenters. The largest absolute Gasteiger partial charge is 0.490 e. The van der Waals surface area contributed by atoms with Gasteiger partial charge < -0.3 is 19.9 Å². The summed E-state index contributed by atoms with van der Waals surface area (Å²) < 4.78 is 10.9. The Morgan fingerprint density at radius 2 is 2.00 bits per heavy atom. The Kier molecular flexibility index (Phi) is 4.61. The normalized spacial score (nSPS) is 13.2. The molecule has 1 aliphatic heterocycles. The lowest BCUT2D eigenvalue weighted by Gasteiger charge is -2.10. The molecule has 0 fully saturated rings. The van der Waals surface area contributed by atoms with Crippen LogP contribution in [0.5, 0.6) is 11.5 Å². The third kappa shape index (κ3) is 4.02. The van der Waals surface area contributed by atoms with E-state index in [1.807, 2.05) is 5.48 Å². The maximum absolute atomic E-state index is 11.4. The van der Waals surface area contributed by atoms with Gasteiger partial charge in [-0.15, -0.1) is 0 Å². The molecule has 3 N–H and O–H groups in total. The summed E-state index contributed by atoms with van der Waals surface area (Å²) in [5.74, 6) is -0.0109. The Balaban J connectivity index is 1.91. The van der Waals surface area contributed by atoms with Gasteiger partial charge in [-0.25, -0.2) is 15.1 Å². The van der Waals surface area contributed by atoms with Crippen molar-refractivity contribution in [3.8, 4) is 11.5 Å². The Morgan fingerprint density at radius 3 is 2.75 bits per heavy atom. The van der Waals surface area contributed by atoms with E-state index in [0.717, 1.165) is 6.42 Å². The molecule has 1 aromatic carbocycles. The van der Waals surface area contributed by atoms with Crippen molar-refractivity contribution in [2.24, 2.45) is 0 Å². The predicted octanol–water partition coefficient (Wildman–Crippen LogP) is 0.986. The van der Waals surface area contributed by atoms with Gasteiger partial charge in [-0.1, -0.05) is 0 Å². The van der Waals surface area contributed by atoms with Gasteiger partial charge in [0.15, 0.2) is 18.1 Å². The zero-order valence-electron chi connectivity index (χ0n) is 10.5. The van der Waals surface area contributed by atoms with Crippen molar-refractivity contribution in [2.45, 2.75) is 6.42 Å². The molecule has 108 valence electrons. The number of hydrogen-bond acceptors (Lipinski definition) is 5. The second-order valence-electron chi connectivity index (χ2n) is 3.95. The quantitative estimate of drug-likeness (QED) is 0.711. The molecule has 8 nitrogen and oxygen atoms in total. The second kappa shape index (κ2) is 6.62. The van der Waals surface area contributed by atoms with Crippen molar-refractivity contribution in [1.29, 1.82) is 0 Å². The van der Waals surface area contributed by atoms with E-state index in [9.17, 15) is 9.59 Å². The van der Waals surface area contributed by atoms with Gasteiger partial charge in [-0.2, -0.15) is 0 Å². The smallest absolute Gasteiger partial charge is 0.343 e. The molecule has 1 aliphatic rings. The van der Waals surface area contributed by atoms with Gasteiger partial charge in [0.1, 0.15) is 0 Å². The number of carbonyl (C=O) groups excluding carboxylic acids is 1. The van der Waals surface area contributed by atoms with E-state index in [0.29, 0.717) is 30.4 Å². The van der Waals surface area contributed by atoms with E-state index in [-0.39, 0.29) is 0 Å². The molecule has 0 aromatic heterocycles. The van der Waals surface area contributed by atoms with Crippen molar-refractivity contribution in [3.05, 3.63) is 18.2 Å². The molecule has 20 heavy (non-hydrogen) atoms. The van der Waals surface area contributed by atoms with Crippen LogP contribution in [-0.4, -0.2) is 36.9 Å². The zero-order valence-corrected chi connectivity index (χ0v) is 10.5. The van der Waals surface area contributed by atoms with E-state index in [2.05, 4.69) is 10.2 Å². The summed E-state index contributed by atoms with van der Waals surface area (Å²) in [6.07, 6.45) is 0.793. The van der Waals surface area contributed by atoms with Crippen molar-refractivity contribution in [2.75, 3.05) is 25.1 Å². The van der Waals surface area contributed by atoms with Gasteiger partial charge in [0.25, 0.3) is 0 Å². The SMILES string of the molecule is O=C(O)CONC(=O)Nc1ccc2c(c1)OCCCO2. The minimum absolute atomic E-state index is 0.477. The second-order valence-corrected chi connectivity index (χ2v) is 3.95. The molecule has 1 aromatic rings. The van der Waals surface area contributed by atoms with Crippen LogP contribution in [0.4, 0.5) is 10.5 Å². The Bertz CT molecular complexity index is 505. The fraction of sp³-hybridized carbons (Fsp3) is 0.333. The first-order valence-corrected chi connectivity index (χ1v) is 5.95. The highest BCUT2D eigenvalue weighted by molar-refractivity contribution is 5.89. The summed E-state index contributed by atoms with van der Waals surface area (Å²) in [5, 5.41) is 10.8. The number of hydrogen-bond donors (Lipinski definition) is 3. The van der Waals surface area contributed by atoms with Crippen molar-refractivity contribution >= 4 is 17.7 Å². The number of benzene rings is 1. The first kappa shape index (κ1) is 13.9. The zero-order chi connectivity index (χ0) is 14.4. The highest BCUT2D eigenvalue weighted by Gasteiger charge is 2.11. The number of anilines is 1. The molecular formula is C12H14N2O6. The van der Waals surface area contributed by atoms with Crippen LogP contribution in [0.15, 0.2) is 18.2 Å². The summed E-state index contributed by atoms with van der Waals surface area (Å²) in [6, 6.07) is 4.27. The highest BCUT2D eigenvalue weighted by atomic mass is 16.7. The molecular weight excluding hydrogens is 268 g/mol. The van der Waals surface area contributed by atoms with Crippen LogP contribution in [0.2, 0.25) is 0 Å². The predicted molar refractivity (Wildman–Crippen MR) is 67.8 cm³/mol. The molecule has 0 unspecified atom stereocenters. The van der Waals surface area contributed by atoms with E-state index in [1.54, 1.807) is 18.2 Å². The summed E-state index contributed by atoms with van der Waals surface area (Å²) in [4.78, 5) is 26.1. The third-order valence-corrected chi connectivity index (χ3v) is 2.37. The fourth-order valence-corrected chi connectivity index (χ4v) is 1.56. The Labute approximate surface area is 114 Å². The van der Waals surface area contributed by atoms with Gasteiger partial charge in [0.2, 0.25) is 0 Å². The monoisotopic (exact) mass is 282 g/mol. The molecule has 0 radical (unpaired) electrons. The topological polar surface area (TPSA) is 106 Å². The number of fused-ring (bicyclic) bond motifs is 1. The van der Waals surface area contributed by atoms with Gasteiger partial charge in [0, 0.05) is 18.2 Å². The molecule has 0 saturated heterocycles. The summed E-state index contributed by atoms with van der Waals surface area (Å²) in [5.41, 5.74) is 2.43. The Hall–Kier alpha value is -2.48. The lowest BCUT2D eigenvalue weighted by atomic mass is 10.3. The number of nitrogens with one attached hydrogen (secondary N) is 2. The minimum Gasteiger partial charge on any atom is -0.490 e. The average molecular weight is 282 g/mol. The average Bonchev–Trinajstić information content (AvgIpc) is 2.62. The van der Waals surface area contributed by atoms with Gasteiger partial charge in [-0.05, 0) is 12.1 Å². The molecule has 0 spiro atoms. The van der Waals surface area contributed by atoms with Crippen LogP contribution in [0, 0.1) is 0 Å². The summed E-state index contributed by atoms with van der Waals surface area (Å²) in [7, 11) is 0. The molecule has 8 heteroatoms. The number of rotatable bonds is 4. The van der Waals surface area contributed by atoms with E-state index >= 15 is 0 Å².